The van der Waals surface area contributed by atoms with Gasteiger partial charge < -0.3 is 19.8 Å². The van der Waals surface area contributed by atoms with Crippen LogP contribution in [-0.4, -0.2) is 53.3 Å². The average Bonchev–Trinajstić information content (AvgIpc) is 2.45. The van der Waals surface area contributed by atoms with Gasteiger partial charge in [0.05, 0.1) is 19.1 Å². The van der Waals surface area contributed by atoms with Gasteiger partial charge in [0.2, 0.25) is 0 Å². The first-order valence-electron chi connectivity index (χ1n) is 6.69. The Hall–Kier alpha value is -2.08. The molecule has 6 heteroatoms. The second kappa shape index (κ2) is 7.64. The third kappa shape index (κ3) is 5.07. The van der Waals surface area contributed by atoms with E-state index in [4.69, 9.17) is 9.84 Å². The number of ether oxygens (including phenoxy) is 1. The van der Waals surface area contributed by atoms with Crippen LogP contribution >= 0.6 is 0 Å². The Kier molecular flexibility index (Phi) is 6.17. The van der Waals surface area contributed by atoms with E-state index in [2.05, 4.69) is 0 Å². The van der Waals surface area contributed by atoms with Crippen molar-refractivity contribution >= 4 is 11.9 Å². The van der Waals surface area contributed by atoms with Crippen LogP contribution in [0, 0.1) is 5.92 Å². The molecule has 0 aromatic heterocycles. The van der Waals surface area contributed by atoms with E-state index in [1.165, 1.54) is 18.9 Å². The number of carboxylic acid groups (broad SMARTS) is 1. The molecule has 1 aromatic carbocycles. The fraction of sp³-hybridized carbons (Fsp3) is 0.467. The van der Waals surface area contributed by atoms with Crippen molar-refractivity contribution in [3.8, 4) is 5.75 Å². The number of carbonyl (C=O) groups excluding carboxylic acids is 1. The van der Waals surface area contributed by atoms with Crippen LogP contribution in [0.2, 0.25) is 0 Å². The average molecular weight is 295 g/mol. The van der Waals surface area contributed by atoms with Crippen molar-refractivity contribution in [2.75, 3.05) is 20.2 Å². The monoisotopic (exact) mass is 295 g/mol. The Balaban J connectivity index is 2.95. The molecule has 0 aliphatic rings. The second-order valence-electron chi connectivity index (χ2n) is 5.03. The molecule has 0 saturated carbocycles. The van der Waals surface area contributed by atoms with Gasteiger partial charge in [-0.25, -0.2) is 0 Å². The number of methoxy groups -OCH3 is 1. The quantitative estimate of drug-likeness (QED) is 0.790. The summed E-state index contributed by atoms with van der Waals surface area (Å²) in [5.74, 6) is -1.48. The summed E-state index contributed by atoms with van der Waals surface area (Å²) in [5.41, 5.74) is 0.396. The molecule has 1 rings (SSSR count). The summed E-state index contributed by atoms with van der Waals surface area (Å²) in [4.78, 5) is 24.8. The van der Waals surface area contributed by atoms with Gasteiger partial charge >= 0.3 is 5.97 Å². The number of rotatable bonds is 7. The van der Waals surface area contributed by atoms with Crippen LogP contribution in [0.1, 0.15) is 24.2 Å². The van der Waals surface area contributed by atoms with E-state index < -0.39 is 18.0 Å². The van der Waals surface area contributed by atoms with Crippen molar-refractivity contribution in [2.24, 2.45) is 5.92 Å². The Morgan fingerprint density at radius 3 is 2.48 bits per heavy atom. The summed E-state index contributed by atoms with van der Waals surface area (Å²) in [5, 5.41) is 18.5. The molecule has 2 N–H and O–H groups in total. The van der Waals surface area contributed by atoms with E-state index in [9.17, 15) is 14.7 Å². The Bertz CT molecular complexity index is 501. The minimum atomic E-state index is -0.982. The highest BCUT2D eigenvalue weighted by Crippen LogP contribution is 2.15. The lowest BCUT2D eigenvalue weighted by molar-refractivity contribution is -0.141. The third-order valence-electron chi connectivity index (χ3n) is 3.00. The second-order valence-corrected chi connectivity index (χ2v) is 5.03. The summed E-state index contributed by atoms with van der Waals surface area (Å²) in [7, 11) is 1.50. The maximum atomic E-state index is 12.5. The van der Waals surface area contributed by atoms with Crippen molar-refractivity contribution in [1.82, 2.24) is 4.90 Å². The zero-order valence-corrected chi connectivity index (χ0v) is 12.4. The zero-order chi connectivity index (χ0) is 16.0. The molecule has 6 nitrogen and oxygen atoms in total. The molecule has 1 amide bonds. The molecule has 0 bridgehead atoms. The van der Waals surface area contributed by atoms with Gasteiger partial charge in [-0.3, -0.25) is 9.59 Å². The molecule has 0 heterocycles. The lowest BCUT2D eigenvalue weighted by Crippen LogP contribution is -2.40. The van der Waals surface area contributed by atoms with Gasteiger partial charge in [0.25, 0.3) is 5.91 Å². The number of benzene rings is 1. The zero-order valence-electron chi connectivity index (χ0n) is 12.4. The highest BCUT2D eigenvalue weighted by molar-refractivity contribution is 5.94. The third-order valence-corrected chi connectivity index (χ3v) is 3.00. The Labute approximate surface area is 124 Å². The molecule has 2 atom stereocenters. The van der Waals surface area contributed by atoms with E-state index >= 15 is 0 Å². The summed E-state index contributed by atoms with van der Waals surface area (Å²) in [6.07, 6.45) is -0.736. The van der Waals surface area contributed by atoms with Crippen LogP contribution in [0.5, 0.6) is 5.75 Å². The van der Waals surface area contributed by atoms with Crippen molar-refractivity contribution in [3.63, 3.8) is 0 Å². The predicted molar refractivity (Wildman–Crippen MR) is 77.4 cm³/mol. The predicted octanol–water partition coefficient (Wildman–Crippen LogP) is 1.24. The molecular formula is C15H21NO5. The summed E-state index contributed by atoms with van der Waals surface area (Å²) in [6, 6.07) is 6.62. The van der Waals surface area contributed by atoms with Crippen LogP contribution < -0.4 is 4.74 Å². The van der Waals surface area contributed by atoms with Crippen molar-refractivity contribution in [2.45, 2.75) is 20.0 Å². The number of hydrogen-bond donors (Lipinski definition) is 2. The van der Waals surface area contributed by atoms with Gasteiger partial charge in [0, 0.05) is 18.7 Å². The maximum Gasteiger partial charge on any atom is 0.308 e. The van der Waals surface area contributed by atoms with E-state index in [-0.39, 0.29) is 19.0 Å². The number of aliphatic carboxylic acids is 1. The normalized spacial score (nSPS) is 13.3. The largest absolute Gasteiger partial charge is 0.497 e. The van der Waals surface area contributed by atoms with Gasteiger partial charge in [0.15, 0.2) is 0 Å². The number of nitrogens with zero attached hydrogens (tertiary/aromatic N) is 1. The maximum absolute atomic E-state index is 12.5. The number of carbonyl (C=O) groups is 2. The summed E-state index contributed by atoms with van der Waals surface area (Å²) < 4.78 is 5.07. The van der Waals surface area contributed by atoms with Crippen LogP contribution in [-0.2, 0) is 4.79 Å². The first-order chi connectivity index (χ1) is 9.85. The van der Waals surface area contributed by atoms with Crippen molar-refractivity contribution in [1.29, 1.82) is 0 Å². The molecular weight excluding hydrogens is 274 g/mol. The minimum absolute atomic E-state index is 0.0380. The highest BCUT2D eigenvalue weighted by atomic mass is 16.5. The summed E-state index contributed by atoms with van der Waals surface area (Å²) >= 11 is 0. The lowest BCUT2D eigenvalue weighted by atomic mass is 10.1. The molecule has 21 heavy (non-hydrogen) atoms. The fourth-order valence-electron chi connectivity index (χ4n) is 1.91. The number of aliphatic hydroxyl groups excluding tert-OH is 1. The highest BCUT2D eigenvalue weighted by Gasteiger charge is 2.23. The van der Waals surface area contributed by atoms with E-state index in [0.29, 0.717) is 11.3 Å². The van der Waals surface area contributed by atoms with E-state index in [1.54, 1.807) is 31.2 Å². The number of aliphatic hydroxyl groups is 1. The van der Waals surface area contributed by atoms with E-state index in [0.717, 1.165) is 0 Å². The number of amides is 1. The van der Waals surface area contributed by atoms with Gasteiger partial charge in [-0.05, 0) is 25.1 Å². The van der Waals surface area contributed by atoms with Crippen LogP contribution in [0.4, 0.5) is 0 Å². The molecule has 0 saturated heterocycles. The van der Waals surface area contributed by atoms with Gasteiger partial charge in [-0.15, -0.1) is 0 Å². The topological polar surface area (TPSA) is 87.1 Å². The molecule has 1 aromatic rings. The first-order valence-corrected chi connectivity index (χ1v) is 6.69. The smallest absolute Gasteiger partial charge is 0.308 e. The lowest BCUT2D eigenvalue weighted by Gasteiger charge is -2.26. The molecule has 0 aliphatic heterocycles. The summed E-state index contributed by atoms with van der Waals surface area (Å²) in [6.45, 7) is 3.19. The molecule has 2 unspecified atom stereocenters. The number of hydrogen-bond acceptors (Lipinski definition) is 4. The van der Waals surface area contributed by atoms with Crippen molar-refractivity contribution in [3.05, 3.63) is 29.8 Å². The minimum Gasteiger partial charge on any atom is -0.497 e. The molecule has 0 radical (unpaired) electrons. The van der Waals surface area contributed by atoms with Crippen LogP contribution in [0.25, 0.3) is 0 Å². The molecule has 0 aliphatic carbocycles. The Morgan fingerprint density at radius 1 is 1.29 bits per heavy atom. The SMILES string of the molecule is COc1cccc(C(=O)N(CC(C)O)CC(C)C(=O)O)c1. The Morgan fingerprint density at radius 2 is 1.95 bits per heavy atom. The molecule has 116 valence electrons. The van der Waals surface area contributed by atoms with E-state index in [1.807, 2.05) is 0 Å². The van der Waals surface area contributed by atoms with Crippen LogP contribution in [0.15, 0.2) is 24.3 Å². The van der Waals surface area contributed by atoms with Gasteiger partial charge in [0.1, 0.15) is 5.75 Å². The fourth-order valence-corrected chi connectivity index (χ4v) is 1.91. The van der Waals surface area contributed by atoms with Crippen molar-refractivity contribution < 1.29 is 24.5 Å². The molecule has 0 spiro atoms. The standard InChI is InChI=1S/C15H21NO5/c1-10(15(19)20)8-16(9-11(2)17)14(18)12-5-4-6-13(7-12)21-3/h4-7,10-11,17H,8-9H2,1-3H3,(H,19,20). The van der Waals surface area contributed by atoms with Gasteiger partial charge in [-0.1, -0.05) is 13.0 Å². The van der Waals surface area contributed by atoms with Gasteiger partial charge in [-0.2, -0.15) is 0 Å². The first kappa shape index (κ1) is 17.0. The number of carboxylic acids is 1. The molecule has 0 fully saturated rings. The van der Waals surface area contributed by atoms with Crippen LogP contribution in [0.3, 0.4) is 0 Å².